The van der Waals surface area contributed by atoms with E-state index in [1.54, 1.807) is 0 Å². The van der Waals surface area contributed by atoms with Gasteiger partial charge in [-0.1, -0.05) is 30.3 Å². The molecule has 2 aromatic carbocycles. The lowest BCUT2D eigenvalue weighted by atomic mass is 9.92. The number of aliphatic hydroxyl groups excluding tert-OH is 1. The van der Waals surface area contributed by atoms with Crippen molar-refractivity contribution < 1.29 is 18.7 Å². The number of primary amides is 1. The molecule has 1 aliphatic heterocycles. The molecule has 1 amide bonds. The van der Waals surface area contributed by atoms with Crippen LogP contribution in [0.3, 0.4) is 0 Å². The molecule has 0 spiro atoms. The van der Waals surface area contributed by atoms with Crippen LogP contribution in [-0.4, -0.2) is 34.0 Å². The summed E-state index contributed by atoms with van der Waals surface area (Å²) in [6.45, 7) is 1.41. The van der Waals surface area contributed by atoms with Crippen molar-refractivity contribution >= 4 is 5.91 Å². The third-order valence-electron chi connectivity index (χ3n) is 5.35. The SMILES string of the molecule is NC(=O)c1cc(-c2ccc(F)cc2F)c2c(n1)CN(CC(O)c1ccccc1)CC2. The molecule has 0 bridgehead atoms. The Labute approximate surface area is 172 Å². The Hall–Kier alpha value is -3.16. The van der Waals surface area contributed by atoms with Crippen LogP contribution in [0, 0.1) is 11.6 Å². The average molecular weight is 409 g/mol. The Balaban J connectivity index is 1.67. The maximum Gasteiger partial charge on any atom is 0.267 e. The molecule has 0 saturated carbocycles. The van der Waals surface area contributed by atoms with Crippen molar-refractivity contribution in [1.29, 1.82) is 0 Å². The summed E-state index contributed by atoms with van der Waals surface area (Å²) >= 11 is 0. The quantitative estimate of drug-likeness (QED) is 0.678. The number of fused-ring (bicyclic) bond motifs is 1. The first-order valence-electron chi connectivity index (χ1n) is 9.65. The second kappa shape index (κ2) is 8.30. The second-order valence-corrected chi connectivity index (χ2v) is 7.38. The second-order valence-electron chi connectivity index (χ2n) is 7.38. The number of β-amino-alcohol motifs (C(OH)–C–C–N with tert-alkyl or cyclic N) is 1. The molecule has 1 aliphatic rings. The minimum absolute atomic E-state index is 0.0259. The number of carbonyl (C=O) groups excluding carboxylic acids is 1. The summed E-state index contributed by atoms with van der Waals surface area (Å²) in [4.78, 5) is 18.2. The molecule has 0 aliphatic carbocycles. The standard InChI is InChI=1S/C23H21F2N3O2/c24-15-6-7-16(19(25)10-15)18-11-20(23(26)30)27-21-12-28(9-8-17(18)21)13-22(29)14-4-2-1-3-5-14/h1-7,10-11,22,29H,8-9,12-13H2,(H2,26,30). The van der Waals surface area contributed by atoms with Crippen LogP contribution in [0.15, 0.2) is 54.6 Å². The van der Waals surface area contributed by atoms with Gasteiger partial charge >= 0.3 is 0 Å². The number of nitrogens with two attached hydrogens (primary N) is 1. The number of carbonyl (C=O) groups is 1. The van der Waals surface area contributed by atoms with E-state index in [0.29, 0.717) is 37.3 Å². The normalized spacial score (nSPS) is 14.9. The topological polar surface area (TPSA) is 79.5 Å². The van der Waals surface area contributed by atoms with Crippen LogP contribution in [-0.2, 0) is 13.0 Å². The summed E-state index contributed by atoms with van der Waals surface area (Å²) in [7, 11) is 0. The number of hydrogen-bond acceptors (Lipinski definition) is 4. The minimum Gasteiger partial charge on any atom is -0.387 e. The summed E-state index contributed by atoms with van der Waals surface area (Å²) in [5, 5.41) is 10.5. The molecule has 3 aromatic rings. The Morgan fingerprint density at radius 2 is 1.90 bits per heavy atom. The van der Waals surface area contributed by atoms with Crippen molar-refractivity contribution in [2.45, 2.75) is 19.1 Å². The van der Waals surface area contributed by atoms with Crippen LogP contribution < -0.4 is 5.73 Å². The van der Waals surface area contributed by atoms with Gasteiger partial charge < -0.3 is 10.8 Å². The predicted octanol–water partition coefficient (Wildman–Crippen LogP) is 3.22. The monoisotopic (exact) mass is 409 g/mol. The van der Waals surface area contributed by atoms with Crippen LogP contribution in [0.4, 0.5) is 8.78 Å². The van der Waals surface area contributed by atoms with E-state index in [0.717, 1.165) is 17.2 Å². The number of aromatic nitrogens is 1. The number of amides is 1. The zero-order valence-corrected chi connectivity index (χ0v) is 16.2. The third kappa shape index (κ3) is 4.08. The first kappa shape index (κ1) is 20.1. The molecule has 30 heavy (non-hydrogen) atoms. The summed E-state index contributed by atoms with van der Waals surface area (Å²) < 4.78 is 27.8. The van der Waals surface area contributed by atoms with Crippen molar-refractivity contribution in [3.63, 3.8) is 0 Å². The van der Waals surface area contributed by atoms with E-state index in [9.17, 15) is 18.7 Å². The number of halogens is 2. The van der Waals surface area contributed by atoms with Crippen molar-refractivity contribution in [2.24, 2.45) is 5.73 Å². The van der Waals surface area contributed by atoms with Gasteiger partial charge in [0.15, 0.2) is 0 Å². The molecule has 1 unspecified atom stereocenters. The minimum atomic E-state index is -0.719. The van der Waals surface area contributed by atoms with Gasteiger partial charge in [0.2, 0.25) is 0 Å². The van der Waals surface area contributed by atoms with Gasteiger partial charge in [0.1, 0.15) is 17.3 Å². The molecule has 5 nitrogen and oxygen atoms in total. The largest absolute Gasteiger partial charge is 0.387 e. The zero-order chi connectivity index (χ0) is 21.3. The molecule has 154 valence electrons. The molecule has 1 aromatic heterocycles. The molecule has 7 heteroatoms. The van der Waals surface area contributed by atoms with E-state index in [4.69, 9.17) is 5.73 Å². The molecule has 0 radical (unpaired) electrons. The van der Waals surface area contributed by atoms with Gasteiger partial charge in [-0.25, -0.2) is 13.8 Å². The predicted molar refractivity (Wildman–Crippen MR) is 108 cm³/mol. The van der Waals surface area contributed by atoms with E-state index < -0.39 is 23.6 Å². The molecule has 4 rings (SSSR count). The average Bonchev–Trinajstić information content (AvgIpc) is 2.73. The molecule has 0 saturated heterocycles. The van der Waals surface area contributed by atoms with E-state index in [1.807, 2.05) is 35.2 Å². The van der Waals surface area contributed by atoms with Gasteiger partial charge in [-0.2, -0.15) is 0 Å². The number of nitrogens with zero attached hydrogens (tertiary/aromatic N) is 2. The number of benzene rings is 2. The van der Waals surface area contributed by atoms with Crippen LogP contribution in [0.5, 0.6) is 0 Å². The fraction of sp³-hybridized carbons (Fsp3) is 0.217. The zero-order valence-electron chi connectivity index (χ0n) is 16.2. The van der Waals surface area contributed by atoms with Crippen molar-refractivity contribution in [2.75, 3.05) is 13.1 Å². The van der Waals surface area contributed by atoms with Crippen LogP contribution in [0.1, 0.15) is 33.4 Å². The molecule has 0 fully saturated rings. The number of rotatable bonds is 5. The maximum atomic E-state index is 14.5. The molecule has 3 N–H and O–H groups in total. The first-order valence-corrected chi connectivity index (χ1v) is 9.65. The van der Waals surface area contributed by atoms with Crippen LogP contribution >= 0.6 is 0 Å². The number of pyridine rings is 1. The van der Waals surface area contributed by atoms with Crippen LogP contribution in [0.25, 0.3) is 11.1 Å². The Morgan fingerprint density at radius 3 is 2.60 bits per heavy atom. The van der Waals surface area contributed by atoms with Crippen LogP contribution in [0.2, 0.25) is 0 Å². The molecular weight excluding hydrogens is 388 g/mol. The molecular formula is C23H21F2N3O2. The summed E-state index contributed by atoms with van der Waals surface area (Å²) in [5.74, 6) is -2.10. The van der Waals surface area contributed by atoms with E-state index in [1.165, 1.54) is 18.2 Å². The Morgan fingerprint density at radius 1 is 1.13 bits per heavy atom. The lowest BCUT2D eigenvalue weighted by Gasteiger charge is -2.31. The first-order chi connectivity index (χ1) is 14.4. The highest BCUT2D eigenvalue weighted by Gasteiger charge is 2.25. The highest BCUT2D eigenvalue weighted by atomic mass is 19.1. The highest BCUT2D eigenvalue weighted by molar-refractivity contribution is 5.92. The lowest BCUT2D eigenvalue weighted by molar-refractivity contribution is 0.0987. The van der Waals surface area contributed by atoms with Gasteiger partial charge in [0.25, 0.3) is 5.91 Å². The Bertz CT molecular complexity index is 1090. The molecule has 1 atom stereocenters. The molecule has 2 heterocycles. The van der Waals surface area contributed by atoms with Crippen molar-refractivity contribution in [3.05, 3.63) is 88.7 Å². The summed E-state index contributed by atoms with van der Waals surface area (Å²) in [6.07, 6.45) is -0.115. The Kier molecular flexibility index (Phi) is 5.57. The van der Waals surface area contributed by atoms with Gasteiger partial charge in [0.05, 0.1) is 11.8 Å². The van der Waals surface area contributed by atoms with Gasteiger partial charge in [-0.15, -0.1) is 0 Å². The number of aliphatic hydroxyl groups is 1. The fourth-order valence-corrected chi connectivity index (χ4v) is 3.85. The van der Waals surface area contributed by atoms with Gasteiger partial charge in [-0.3, -0.25) is 9.69 Å². The number of hydrogen-bond donors (Lipinski definition) is 2. The summed E-state index contributed by atoms with van der Waals surface area (Å²) in [6, 6.07) is 14.2. The van der Waals surface area contributed by atoms with E-state index in [2.05, 4.69) is 4.98 Å². The van der Waals surface area contributed by atoms with E-state index >= 15 is 0 Å². The smallest absolute Gasteiger partial charge is 0.267 e. The summed E-state index contributed by atoms with van der Waals surface area (Å²) in [5.41, 5.74) is 8.39. The van der Waals surface area contributed by atoms with Crippen molar-refractivity contribution in [1.82, 2.24) is 9.88 Å². The lowest BCUT2D eigenvalue weighted by Crippen LogP contribution is -2.35. The third-order valence-corrected chi connectivity index (χ3v) is 5.35. The van der Waals surface area contributed by atoms with Gasteiger partial charge in [0, 0.05) is 31.3 Å². The van der Waals surface area contributed by atoms with E-state index in [-0.39, 0.29) is 11.3 Å². The maximum absolute atomic E-state index is 14.5. The fourth-order valence-electron chi connectivity index (χ4n) is 3.85. The highest BCUT2D eigenvalue weighted by Crippen LogP contribution is 2.32. The van der Waals surface area contributed by atoms with Gasteiger partial charge in [-0.05, 0) is 41.3 Å². The van der Waals surface area contributed by atoms with Crippen molar-refractivity contribution in [3.8, 4) is 11.1 Å².